The highest BCUT2D eigenvalue weighted by Gasteiger charge is 1.97. The first-order chi connectivity index (χ1) is 7.31. The summed E-state index contributed by atoms with van der Waals surface area (Å²) >= 11 is 0. The summed E-state index contributed by atoms with van der Waals surface area (Å²) in [5.41, 5.74) is 0. The molecule has 2 heteroatoms. The number of unbranched alkanes of at least 4 members (excludes halogenated alkanes) is 5. The van der Waals surface area contributed by atoms with Crippen molar-refractivity contribution >= 4 is 5.97 Å². The summed E-state index contributed by atoms with van der Waals surface area (Å²) in [5.74, 6) is -0.110. The van der Waals surface area contributed by atoms with Crippen LogP contribution in [0.3, 0.4) is 0 Å². The molecule has 0 N–H and O–H groups in total. The van der Waals surface area contributed by atoms with Gasteiger partial charge in [-0.25, -0.2) is 0 Å². The molecule has 0 aliphatic carbocycles. The van der Waals surface area contributed by atoms with E-state index >= 15 is 0 Å². The molecule has 0 spiro atoms. The van der Waals surface area contributed by atoms with Gasteiger partial charge in [0.1, 0.15) is 0 Å². The molecule has 0 atom stereocenters. The smallest absolute Gasteiger partial charge is 0.310 e. The summed E-state index contributed by atoms with van der Waals surface area (Å²) in [6.07, 6.45) is 12.0. The van der Waals surface area contributed by atoms with Crippen molar-refractivity contribution in [1.82, 2.24) is 0 Å². The minimum atomic E-state index is -0.110. The van der Waals surface area contributed by atoms with Crippen molar-refractivity contribution in [3.63, 3.8) is 0 Å². The topological polar surface area (TPSA) is 26.3 Å². The van der Waals surface area contributed by atoms with Gasteiger partial charge < -0.3 is 4.74 Å². The fourth-order valence-corrected chi connectivity index (χ4v) is 1.26. The zero-order valence-electron chi connectivity index (χ0n) is 10.1. The maximum atomic E-state index is 11.1. The third-order valence-electron chi connectivity index (χ3n) is 2.25. The van der Waals surface area contributed by atoms with Crippen molar-refractivity contribution in [1.29, 1.82) is 0 Å². The van der Waals surface area contributed by atoms with Crippen LogP contribution in [0.4, 0.5) is 0 Å². The molecule has 0 aromatic rings. The van der Waals surface area contributed by atoms with Crippen LogP contribution in [-0.2, 0) is 9.53 Å². The lowest BCUT2D eigenvalue weighted by Crippen LogP contribution is -1.98. The molecule has 0 aromatic carbocycles. The summed E-state index contributed by atoms with van der Waals surface area (Å²) in [7, 11) is 0. The zero-order valence-corrected chi connectivity index (χ0v) is 10.1. The van der Waals surface area contributed by atoms with Crippen LogP contribution in [0.2, 0.25) is 0 Å². The fourth-order valence-electron chi connectivity index (χ4n) is 1.26. The molecule has 0 unspecified atom stereocenters. The van der Waals surface area contributed by atoms with Crippen LogP contribution in [0.25, 0.3) is 0 Å². The van der Waals surface area contributed by atoms with Gasteiger partial charge in [0, 0.05) is 6.42 Å². The number of carbonyl (C=O) groups excluding carboxylic acids is 1. The molecule has 88 valence electrons. The standard InChI is InChI=1S/C13H24O2/c1-3-5-7-8-9-10-12-15-13(14)11-6-4-2/h10,12H,3-9,11H2,1-2H3/b12-10-. The second-order valence-corrected chi connectivity index (χ2v) is 3.81. The normalized spacial score (nSPS) is 10.8. The Hall–Kier alpha value is -0.790. The highest BCUT2D eigenvalue weighted by Crippen LogP contribution is 2.03. The summed E-state index contributed by atoms with van der Waals surface area (Å²) in [4.78, 5) is 11.1. The van der Waals surface area contributed by atoms with Crippen molar-refractivity contribution in [3.8, 4) is 0 Å². The van der Waals surface area contributed by atoms with E-state index in [1.807, 2.05) is 6.08 Å². The molecular formula is C13H24O2. The van der Waals surface area contributed by atoms with Gasteiger partial charge in [0.2, 0.25) is 0 Å². The van der Waals surface area contributed by atoms with Gasteiger partial charge in [-0.1, -0.05) is 39.5 Å². The van der Waals surface area contributed by atoms with Crippen LogP contribution in [0.1, 0.15) is 65.2 Å². The largest absolute Gasteiger partial charge is 0.435 e. The molecule has 0 fully saturated rings. The highest BCUT2D eigenvalue weighted by atomic mass is 16.5. The lowest BCUT2D eigenvalue weighted by atomic mass is 10.1. The molecular weight excluding hydrogens is 188 g/mol. The Morgan fingerprint density at radius 1 is 1.07 bits per heavy atom. The Morgan fingerprint density at radius 2 is 1.80 bits per heavy atom. The minimum Gasteiger partial charge on any atom is -0.435 e. The average Bonchev–Trinajstić information content (AvgIpc) is 2.25. The van der Waals surface area contributed by atoms with E-state index in [0.717, 1.165) is 19.3 Å². The maximum absolute atomic E-state index is 11.1. The quantitative estimate of drug-likeness (QED) is 0.325. The molecule has 0 saturated heterocycles. The number of rotatable bonds is 9. The van der Waals surface area contributed by atoms with Gasteiger partial charge in [0.15, 0.2) is 0 Å². The Balaban J connectivity index is 3.25. The molecule has 2 nitrogen and oxygen atoms in total. The van der Waals surface area contributed by atoms with Crippen LogP contribution in [0.5, 0.6) is 0 Å². The third-order valence-corrected chi connectivity index (χ3v) is 2.25. The SMILES string of the molecule is CCCCCC/C=C\OC(=O)CCCC. The molecule has 0 aliphatic rings. The summed E-state index contributed by atoms with van der Waals surface area (Å²) < 4.78 is 4.93. The zero-order chi connectivity index (χ0) is 11.4. The summed E-state index contributed by atoms with van der Waals surface area (Å²) in [5, 5.41) is 0. The van der Waals surface area contributed by atoms with E-state index < -0.39 is 0 Å². The number of ether oxygens (including phenoxy) is 1. The summed E-state index contributed by atoms with van der Waals surface area (Å²) in [6.45, 7) is 4.27. The molecule has 0 saturated carbocycles. The molecule has 0 amide bonds. The van der Waals surface area contributed by atoms with Crippen molar-refractivity contribution in [2.75, 3.05) is 0 Å². The first kappa shape index (κ1) is 14.2. The van der Waals surface area contributed by atoms with Gasteiger partial charge >= 0.3 is 5.97 Å². The molecule has 0 bridgehead atoms. The van der Waals surface area contributed by atoms with E-state index in [9.17, 15) is 4.79 Å². The first-order valence-corrected chi connectivity index (χ1v) is 6.15. The Bertz CT molecular complexity index is 173. The Morgan fingerprint density at radius 3 is 2.47 bits per heavy atom. The van der Waals surface area contributed by atoms with Crippen LogP contribution >= 0.6 is 0 Å². The number of esters is 1. The van der Waals surface area contributed by atoms with Crippen LogP contribution in [0, 0.1) is 0 Å². The van der Waals surface area contributed by atoms with Gasteiger partial charge in [-0.15, -0.1) is 0 Å². The number of allylic oxidation sites excluding steroid dienone is 1. The molecule has 0 aliphatic heterocycles. The Labute approximate surface area is 93.7 Å². The fraction of sp³-hybridized carbons (Fsp3) is 0.769. The first-order valence-electron chi connectivity index (χ1n) is 6.15. The van der Waals surface area contributed by atoms with Crippen molar-refractivity contribution in [2.45, 2.75) is 65.2 Å². The van der Waals surface area contributed by atoms with E-state index in [-0.39, 0.29) is 5.97 Å². The van der Waals surface area contributed by atoms with E-state index in [0.29, 0.717) is 6.42 Å². The molecule has 0 heterocycles. The van der Waals surface area contributed by atoms with Crippen LogP contribution < -0.4 is 0 Å². The molecule has 0 aromatic heterocycles. The third kappa shape index (κ3) is 11.1. The number of carbonyl (C=O) groups is 1. The van der Waals surface area contributed by atoms with Gasteiger partial charge in [-0.2, -0.15) is 0 Å². The predicted octanol–water partition coefficient (Wildman–Crippen LogP) is 4.20. The van der Waals surface area contributed by atoms with Gasteiger partial charge in [0.05, 0.1) is 6.26 Å². The highest BCUT2D eigenvalue weighted by molar-refractivity contribution is 5.69. The Kier molecular flexibility index (Phi) is 10.7. The maximum Gasteiger partial charge on any atom is 0.310 e. The van der Waals surface area contributed by atoms with Crippen LogP contribution in [0.15, 0.2) is 12.3 Å². The van der Waals surface area contributed by atoms with Crippen molar-refractivity contribution < 1.29 is 9.53 Å². The van der Waals surface area contributed by atoms with Gasteiger partial charge in [-0.3, -0.25) is 4.79 Å². The van der Waals surface area contributed by atoms with Gasteiger partial charge in [0.25, 0.3) is 0 Å². The predicted molar refractivity (Wildman–Crippen MR) is 63.5 cm³/mol. The molecule has 0 rings (SSSR count). The van der Waals surface area contributed by atoms with Crippen molar-refractivity contribution in [3.05, 3.63) is 12.3 Å². The molecule has 0 radical (unpaired) electrons. The van der Waals surface area contributed by atoms with E-state index in [1.54, 1.807) is 6.26 Å². The van der Waals surface area contributed by atoms with E-state index in [1.165, 1.54) is 25.7 Å². The van der Waals surface area contributed by atoms with Crippen LogP contribution in [-0.4, -0.2) is 5.97 Å². The number of hydrogen-bond acceptors (Lipinski definition) is 2. The second-order valence-electron chi connectivity index (χ2n) is 3.81. The van der Waals surface area contributed by atoms with Gasteiger partial charge in [-0.05, 0) is 25.3 Å². The van der Waals surface area contributed by atoms with Crippen molar-refractivity contribution in [2.24, 2.45) is 0 Å². The lowest BCUT2D eigenvalue weighted by Gasteiger charge is -1.97. The monoisotopic (exact) mass is 212 g/mol. The minimum absolute atomic E-state index is 0.110. The average molecular weight is 212 g/mol. The second kappa shape index (κ2) is 11.3. The molecule has 15 heavy (non-hydrogen) atoms. The van der Waals surface area contributed by atoms with E-state index in [2.05, 4.69) is 13.8 Å². The van der Waals surface area contributed by atoms with E-state index in [4.69, 9.17) is 4.74 Å². The number of hydrogen-bond donors (Lipinski definition) is 0. The summed E-state index contributed by atoms with van der Waals surface area (Å²) in [6, 6.07) is 0. The lowest BCUT2D eigenvalue weighted by molar-refractivity contribution is -0.138.